The number of esters is 1. The van der Waals surface area contributed by atoms with Crippen molar-refractivity contribution in [2.75, 3.05) is 14.2 Å². The lowest BCUT2D eigenvalue weighted by atomic mass is 10.0. The lowest BCUT2D eigenvalue weighted by Crippen LogP contribution is -2.04. The van der Waals surface area contributed by atoms with Gasteiger partial charge in [-0.1, -0.05) is 19.4 Å². The Morgan fingerprint density at radius 1 is 1.19 bits per heavy atom. The van der Waals surface area contributed by atoms with E-state index in [0.29, 0.717) is 12.2 Å². The maximum atomic E-state index is 11.5. The summed E-state index contributed by atoms with van der Waals surface area (Å²) >= 11 is 0. The van der Waals surface area contributed by atoms with E-state index >= 15 is 0 Å². The van der Waals surface area contributed by atoms with Gasteiger partial charge < -0.3 is 9.47 Å². The summed E-state index contributed by atoms with van der Waals surface area (Å²) in [6.45, 7) is 2.63. The Bertz CT molecular complexity index is 334. The summed E-state index contributed by atoms with van der Waals surface area (Å²) in [5.41, 5.74) is 2.76. The monoisotopic (exact) mass is 222 g/mol. The summed E-state index contributed by atoms with van der Waals surface area (Å²) in [5, 5.41) is 0. The third kappa shape index (κ3) is 3.35. The Balaban J connectivity index is 3.02. The summed E-state index contributed by atoms with van der Waals surface area (Å²) in [4.78, 5) is 11.5. The van der Waals surface area contributed by atoms with Crippen LogP contribution in [0.3, 0.4) is 0 Å². The molecule has 16 heavy (non-hydrogen) atoms. The van der Waals surface area contributed by atoms with Crippen molar-refractivity contribution in [2.24, 2.45) is 0 Å². The summed E-state index contributed by atoms with van der Waals surface area (Å²) < 4.78 is 9.80. The van der Waals surface area contributed by atoms with Gasteiger partial charge in [-0.15, -0.1) is 0 Å². The van der Waals surface area contributed by atoms with Crippen LogP contribution in [0.5, 0.6) is 0 Å². The van der Waals surface area contributed by atoms with E-state index in [4.69, 9.17) is 9.47 Å². The van der Waals surface area contributed by atoms with Crippen molar-refractivity contribution in [2.45, 2.75) is 26.4 Å². The molecular weight excluding hydrogens is 204 g/mol. The van der Waals surface area contributed by atoms with Crippen LogP contribution in [0.2, 0.25) is 0 Å². The SMILES string of the molecule is CCCc1cc(COC)cc(C(=O)OC)c1. The van der Waals surface area contributed by atoms with Crippen LogP contribution in [0.1, 0.15) is 34.8 Å². The smallest absolute Gasteiger partial charge is 0.337 e. The second-order valence-electron chi connectivity index (χ2n) is 3.71. The Labute approximate surface area is 96.4 Å². The number of ether oxygens (including phenoxy) is 2. The molecule has 0 spiro atoms. The van der Waals surface area contributed by atoms with Gasteiger partial charge >= 0.3 is 5.97 Å². The van der Waals surface area contributed by atoms with Gasteiger partial charge in [0.2, 0.25) is 0 Å². The number of hydrogen-bond donors (Lipinski definition) is 0. The van der Waals surface area contributed by atoms with Crippen LogP contribution in [-0.2, 0) is 22.5 Å². The minimum absolute atomic E-state index is 0.296. The maximum Gasteiger partial charge on any atom is 0.337 e. The molecule has 1 aromatic rings. The second-order valence-corrected chi connectivity index (χ2v) is 3.71. The number of carbonyl (C=O) groups excluding carboxylic acids is 1. The predicted octanol–water partition coefficient (Wildman–Crippen LogP) is 2.57. The molecule has 0 atom stereocenters. The standard InChI is InChI=1S/C13H18O3/c1-4-5-10-6-11(9-15-2)8-12(7-10)13(14)16-3/h6-8H,4-5,9H2,1-3H3. The molecule has 0 aliphatic carbocycles. The van der Waals surface area contributed by atoms with Crippen LogP contribution >= 0.6 is 0 Å². The number of aryl methyl sites for hydroxylation is 1. The normalized spacial score (nSPS) is 10.2. The summed E-state index contributed by atoms with van der Waals surface area (Å²) in [5.74, 6) is -0.296. The first-order valence-corrected chi connectivity index (χ1v) is 5.41. The molecular formula is C13H18O3. The number of benzene rings is 1. The topological polar surface area (TPSA) is 35.5 Å². The van der Waals surface area contributed by atoms with Crippen molar-refractivity contribution in [3.63, 3.8) is 0 Å². The molecule has 3 heteroatoms. The molecule has 0 saturated carbocycles. The van der Waals surface area contributed by atoms with Crippen molar-refractivity contribution >= 4 is 5.97 Å². The predicted molar refractivity (Wildman–Crippen MR) is 62.5 cm³/mol. The molecule has 0 saturated heterocycles. The van der Waals surface area contributed by atoms with E-state index in [9.17, 15) is 4.79 Å². The molecule has 0 aliphatic rings. The average molecular weight is 222 g/mol. The van der Waals surface area contributed by atoms with Crippen LogP contribution in [0, 0.1) is 0 Å². The Kier molecular flexibility index (Phi) is 4.99. The average Bonchev–Trinajstić information content (AvgIpc) is 2.28. The highest BCUT2D eigenvalue weighted by Crippen LogP contribution is 2.14. The van der Waals surface area contributed by atoms with Gasteiger partial charge in [0.15, 0.2) is 0 Å². The third-order valence-electron chi connectivity index (χ3n) is 2.32. The second kappa shape index (κ2) is 6.28. The van der Waals surface area contributed by atoms with Gasteiger partial charge in [0.1, 0.15) is 0 Å². The fraction of sp³-hybridized carbons (Fsp3) is 0.462. The minimum atomic E-state index is -0.296. The maximum absolute atomic E-state index is 11.5. The van der Waals surface area contributed by atoms with Gasteiger partial charge in [0.05, 0.1) is 19.3 Å². The summed E-state index contributed by atoms with van der Waals surface area (Å²) in [6.07, 6.45) is 2.01. The van der Waals surface area contributed by atoms with Gasteiger partial charge in [0.25, 0.3) is 0 Å². The fourth-order valence-electron chi connectivity index (χ4n) is 1.68. The molecule has 0 N–H and O–H groups in total. The van der Waals surface area contributed by atoms with E-state index in [1.54, 1.807) is 7.11 Å². The van der Waals surface area contributed by atoms with E-state index in [2.05, 4.69) is 13.0 Å². The Morgan fingerprint density at radius 2 is 1.88 bits per heavy atom. The van der Waals surface area contributed by atoms with Crippen molar-refractivity contribution in [3.05, 3.63) is 34.9 Å². The van der Waals surface area contributed by atoms with Gasteiger partial charge in [-0.3, -0.25) is 0 Å². The van der Waals surface area contributed by atoms with E-state index in [1.165, 1.54) is 7.11 Å². The summed E-state index contributed by atoms with van der Waals surface area (Å²) in [7, 11) is 3.04. The Morgan fingerprint density at radius 3 is 2.44 bits per heavy atom. The number of rotatable bonds is 5. The molecule has 1 aromatic carbocycles. The lowest BCUT2D eigenvalue weighted by molar-refractivity contribution is 0.0600. The first kappa shape index (κ1) is 12.7. The molecule has 0 aliphatic heterocycles. The van der Waals surface area contributed by atoms with Crippen molar-refractivity contribution < 1.29 is 14.3 Å². The van der Waals surface area contributed by atoms with Gasteiger partial charge in [-0.25, -0.2) is 4.79 Å². The fourth-order valence-corrected chi connectivity index (χ4v) is 1.68. The van der Waals surface area contributed by atoms with Crippen LogP contribution in [0.25, 0.3) is 0 Å². The van der Waals surface area contributed by atoms with Crippen molar-refractivity contribution in [1.82, 2.24) is 0 Å². The molecule has 0 heterocycles. The highest BCUT2D eigenvalue weighted by atomic mass is 16.5. The minimum Gasteiger partial charge on any atom is -0.465 e. The van der Waals surface area contributed by atoms with Crippen LogP contribution in [0.4, 0.5) is 0 Å². The van der Waals surface area contributed by atoms with Crippen LogP contribution in [-0.4, -0.2) is 20.2 Å². The van der Waals surface area contributed by atoms with Crippen LogP contribution in [0.15, 0.2) is 18.2 Å². The molecule has 0 bridgehead atoms. The first-order chi connectivity index (χ1) is 7.71. The highest BCUT2D eigenvalue weighted by molar-refractivity contribution is 5.89. The molecule has 0 amide bonds. The van der Waals surface area contributed by atoms with Crippen molar-refractivity contribution in [1.29, 1.82) is 0 Å². The van der Waals surface area contributed by atoms with Gasteiger partial charge in [0, 0.05) is 7.11 Å². The quantitative estimate of drug-likeness (QED) is 0.718. The zero-order valence-electron chi connectivity index (χ0n) is 10.1. The number of methoxy groups -OCH3 is 2. The molecule has 0 unspecified atom stereocenters. The number of carbonyl (C=O) groups is 1. The third-order valence-corrected chi connectivity index (χ3v) is 2.32. The molecule has 88 valence electrons. The summed E-state index contributed by atoms with van der Waals surface area (Å²) in [6, 6.07) is 5.77. The van der Waals surface area contributed by atoms with Crippen LogP contribution < -0.4 is 0 Å². The number of hydrogen-bond acceptors (Lipinski definition) is 3. The molecule has 0 radical (unpaired) electrons. The zero-order valence-corrected chi connectivity index (χ0v) is 10.1. The lowest BCUT2D eigenvalue weighted by Gasteiger charge is -2.07. The molecule has 1 rings (SSSR count). The van der Waals surface area contributed by atoms with E-state index in [1.807, 2.05) is 12.1 Å². The first-order valence-electron chi connectivity index (χ1n) is 5.41. The Hall–Kier alpha value is -1.35. The van der Waals surface area contributed by atoms with E-state index < -0.39 is 0 Å². The van der Waals surface area contributed by atoms with Crippen molar-refractivity contribution in [3.8, 4) is 0 Å². The molecule has 0 fully saturated rings. The van der Waals surface area contributed by atoms with E-state index in [0.717, 1.165) is 24.0 Å². The largest absolute Gasteiger partial charge is 0.465 e. The van der Waals surface area contributed by atoms with Gasteiger partial charge in [-0.05, 0) is 29.7 Å². The van der Waals surface area contributed by atoms with E-state index in [-0.39, 0.29) is 5.97 Å². The molecule has 0 aromatic heterocycles. The van der Waals surface area contributed by atoms with Gasteiger partial charge in [-0.2, -0.15) is 0 Å². The zero-order chi connectivity index (χ0) is 12.0. The highest BCUT2D eigenvalue weighted by Gasteiger charge is 2.08. The molecule has 3 nitrogen and oxygen atoms in total.